The van der Waals surface area contributed by atoms with Gasteiger partial charge in [0.15, 0.2) is 0 Å². The van der Waals surface area contributed by atoms with Gasteiger partial charge in [-0.1, -0.05) is 12.1 Å². The van der Waals surface area contributed by atoms with Crippen molar-refractivity contribution in [2.75, 3.05) is 0 Å². The molecule has 0 saturated heterocycles. The van der Waals surface area contributed by atoms with E-state index in [0.717, 1.165) is 30.9 Å². The maximum Gasteiger partial charge on any atom is 0.303 e. The van der Waals surface area contributed by atoms with E-state index in [0.29, 0.717) is 6.42 Å². The second-order valence-electron chi connectivity index (χ2n) is 5.68. The lowest BCUT2D eigenvalue weighted by Crippen LogP contribution is -2.32. The minimum absolute atomic E-state index is 0.214. The lowest BCUT2D eigenvalue weighted by atomic mass is 10.1. The van der Waals surface area contributed by atoms with Crippen molar-refractivity contribution < 1.29 is 9.90 Å². The number of aliphatic carboxylic acids is 1. The zero-order valence-electron chi connectivity index (χ0n) is 13.4. The average molecular weight is 313 g/mol. The van der Waals surface area contributed by atoms with E-state index in [-0.39, 0.29) is 12.5 Å². The smallest absolute Gasteiger partial charge is 0.303 e. The van der Waals surface area contributed by atoms with Crippen LogP contribution in [0, 0.1) is 0 Å². The molecule has 0 saturated carbocycles. The summed E-state index contributed by atoms with van der Waals surface area (Å²) < 4.78 is 0. The molecule has 23 heavy (non-hydrogen) atoms. The van der Waals surface area contributed by atoms with Crippen LogP contribution in [0.4, 0.5) is 0 Å². The molecule has 0 aliphatic rings. The van der Waals surface area contributed by atoms with Gasteiger partial charge in [-0.15, -0.1) is 0 Å². The highest BCUT2D eigenvalue weighted by molar-refractivity contribution is 5.66. The summed E-state index contributed by atoms with van der Waals surface area (Å²) in [6.45, 7) is 3.59. The maximum absolute atomic E-state index is 10.7. The molecule has 2 aromatic rings. The van der Waals surface area contributed by atoms with Crippen molar-refractivity contribution in [3.63, 3.8) is 0 Å². The van der Waals surface area contributed by atoms with E-state index in [4.69, 9.17) is 5.11 Å². The summed E-state index contributed by atoms with van der Waals surface area (Å²) >= 11 is 0. The number of pyridine rings is 2. The summed E-state index contributed by atoms with van der Waals surface area (Å²) in [6, 6.07) is 12.1. The number of rotatable bonds is 9. The fourth-order valence-corrected chi connectivity index (χ4v) is 2.50. The monoisotopic (exact) mass is 313 g/mol. The van der Waals surface area contributed by atoms with Gasteiger partial charge >= 0.3 is 5.97 Å². The lowest BCUT2D eigenvalue weighted by molar-refractivity contribution is -0.137. The molecule has 1 unspecified atom stereocenters. The van der Waals surface area contributed by atoms with E-state index in [1.807, 2.05) is 36.4 Å². The maximum atomic E-state index is 10.7. The van der Waals surface area contributed by atoms with Crippen molar-refractivity contribution in [3.8, 4) is 0 Å². The third kappa shape index (κ3) is 6.16. The summed E-state index contributed by atoms with van der Waals surface area (Å²) in [4.78, 5) is 21.8. The van der Waals surface area contributed by atoms with Crippen molar-refractivity contribution in [1.29, 1.82) is 0 Å². The third-order valence-electron chi connectivity index (χ3n) is 3.82. The molecule has 0 aromatic carbocycles. The Bertz CT molecular complexity index is 548. The second kappa shape index (κ2) is 9.00. The van der Waals surface area contributed by atoms with Crippen LogP contribution in [0.3, 0.4) is 0 Å². The fourth-order valence-electron chi connectivity index (χ4n) is 2.50. The first kappa shape index (κ1) is 17.1. The molecule has 5 nitrogen and oxygen atoms in total. The van der Waals surface area contributed by atoms with Gasteiger partial charge in [0.1, 0.15) is 0 Å². The Balaban J connectivity index is 2.02. The van der Waals surface area contributed by atoms with Crippen molar-refractivity contribution in [2.24, 2.45) is 0 Å². The Morgan fingerprint density at radius 3 is 2.09 bits per heavy atom. The van der Waals surface area contributed by atoms with Crippen LogP contribution in [-0.4, -0.2) is 32.0 Å². The molecule has 0 fully saturated rings. The van der Waals surface area contributed by atoms with Gasteiger partial charge in [0, 0.05) is 37.9 Å². The van der Waals surface area contributed by atoms with Gasteiger partial charge < -0.3 is 5.11 Å². The first-order chi connectivity index (χ1) is 11.1. The van der Waals surface area contributed by atoms with Gasteiger partial charge in [-0.2, -0.15) is 0 Å². The van der Waals surface area contributed by atoms with Crippen molar-refractivity contribution >= 4 is 5.97 Å². The Kier molecular flexibility index (Phi) is 6.69. The predicted molar refractivity (Wildman–Crippen MR) is 88.7 cm³/mol. The van der Waals surface area contributed by atoms with Crippen LogP contribution in [-0.2, 0) is 17.9 Å². The average Bonchev–Trinajstić information content (AvgIpc) is 2.56. The van der Waals surface area contributed by atoms with E-state index >= 15 is 0 Å². The van der Waals surface area contributed by atoms with Gasteiger partial charge in [-0.3, -0.25) is 19.7 Å². The van der Waals surface area contributed by atoms with Gasteiger partial charge in [-0.05, 0) is 44.0 Å². The SMILES string of the molecule is CC(CCCC(=O)O)N(Cc1ccccn1)Cc1ccccn1. The molecule has 2 heterocycles. The topological polar surface area (TPSA) is 66.3 Å². The molecule has 0 aliphatic heterocycles. The van der Waals surface area contributed by atoms with Crippen LogP contribution in [0.25, 0.3) is 0 Å². The Labute approximate surface area is 137 Å². The van der Waals surface area contributed by atoms with E-state index in [2.05, 4.69) is 21.8 Å². The van der Waals surface area contributed by atoms with Crippen molar-refractivity contribution in [3.05, 3.63) is 60.2 Å². The zero-order valence-corrected chi connectivity index (χ0v) is 13.4. The molecule has 0 radical (unpaired) electrons. The number of aromatic nitrogens is 2. The Morgan fingerprint density at radius 1 is 1.09 bits per heavy atom. The number of carboxylic acids is 1. The fraction of sp³-hybridized carbons (Fsp3) is 0.389. The summed E-state index contributed by atoms with van der Waals surface area (Å²) in [7, 11) is 0. The van der Waals surface area contributed by atoms with Gasteiger partial charge in [0.05, 0.1) is 11.4 Å². The summed E-state index contributed by atoms with van der Waals surface area (Å²) in [5.41, 5.74) is 2.02. The highest BCUT2D eigenvalue weighted by Gasteiger charge is 2.16. The van der Waals surface area contributed by atoms with E-state index in [9.17, 15) is 4.79 Å². The molecule has 0 spiro atoms. The second-order valence-corrected chi connectivity index (χ2v) is 5.68. The highest BCUT2D eigenvalue weighted by Crippen LogP contribution is 2.15. The first-order valence-electron chi connectivity index (χ1n) is 7.91. The van der Waals surface area contributed by atoms with Crippen LogP contribution in [0.1, 0.15) is 37.6 Å². The van der Waals surface area contributed by atoms with Crippen LogP contribution in [0.2, 0.25) is 0 Å². The molecule has 1 atom stereocenters. The van der Waals surface area contributed by atoms with Crippen LogP contribution in [0.15, 0.2) is 48.8 Å². The van der Waals surface area contributed by atoms with E-state index < -0.39 is 5.97 Å². The van der Waals surface area contributed by atoms with Crippen LogP contribution in [0.5, 0.6) is 0 Å². The number of carboxylic acid groups (broad SMARTS) is 1. The summed E-state index contributed by atoms with van der Waals surface area (Å²) in [5.74, 6) is -0.738. The quantitative estimate of drug-likeness (QED) is 0.770. The molecule has 122 valence electrons. The lowest BCUT2D eigenvalue weighted by Gasteiger charge is -2.28. The molecule has 2 rings (SSSR count). The van der Waals surface area contributed by atoms with E-state index in [1.165, 1.54) is 0 Å². The molecule has 1 N–H and O–H groups in total. The first-order valence-corrected chi connectivity index (χ1v) is 7.91. The molecular formula is C18H23N3O2. The number of carbonyl (C=O) groups is 1. The summed E-state index contributed by atoms with van der Waals surface area (Å²) in [5, 5.41) is 8.80. The largest absolute Gasteiger partial charge is 0.481 e. The summed E-state index contributed by atoms with van der Waals surface area (Å²) in [6.07, 6.45) is 5.32. The molecule has 5 heteroatoms. The Hall–Kier alpha value is -2.27. The number of nitrogens with zero attached hydrogens (tertiary/aromatic N) is 3. The molecular weight excluding hydrogens is 290 g/mol. The number of hydrogen-bond donors (Lipinski definition) is 1. The zero-order chi connectivity index (χ0) is 16.5. The predicted octanol–water partition coefficient (Wildman–Crippen LogP) is 3.12. The van der Waals surface area contributed by atoms with Gasteiger partial charge in [-0.25, -0.2) is 0 Å². The molecule has 0 aliphatic carbocycles. The third-order valence-corrected chi connectivity index (χ3v) is 3.82. The molecule has 0 bridgehead atoms. The van der Waals surface area contributed by atoms with Crippen molar-refractivity contribution in [1.82, 2.24) is 14.9 Å². The molecule has 2 aromatic heterocycles. The van der Waals surface area contributed by atoms with Crippen LogP contribution >= 0.6 is 0 Å². The van der Waals surface area contributed by atoms with Crippen LogP contribution < -0.4 is 0 Å². The standard InChI is InChI=1S/C18H23N3O2/c1-15(7-6-10-18(22)23)21(13-16-8-2-4-11-19-16)14-17-9-3-5-12-20-17/h2-5,8-9,11-12,15H,6-7,10,13-14H2,1H3,(H,22,23). The van der Waals surface area contributed by atoms with Gasteiger partial charge in [0.2, 0.25) is 0 Å². The minimum Gasteiger partial charge on any atom is -0.481 e. The number of hydrogen-bond acceptors (Lipinski definition) is 4. The van der Waals surface area contributed by atoms with Gasteiger partial charge in [0.25, 0.3) is 0 Å². The highest BCUT2D eigenvalue weighted by atomic mass is 16.4. The Morgan fingerprint density at radius 2 is 1.65 bits per heavy atom. The molecule has 0 amide bonds. The minimum atomic E-state index is -0.738. The van der Waals surface area contributed by atoms with E-state index in [1.54, 1.807) is 12.4 Å². The normalized spacial score (nSPS) is 12.3. The van der Waals surface area contributed by atoms with Crippen molar-refractivity contribution in [2.45, 2.75) is 45.3 Å².